The summed E-state index contributed by atoms with van der Waals surface area (Å²) in [5, 5.41) is 3.38. The van der Waals surface area contributed by atoms with Crippen molar-refractivity contribution >= 4 is 22.5 Å². The van der Waals surface area contributed by atoms with E-state index in [1.165, 1.54) is 0 Å². The number of fused-ring (bicyclic) bond motifs is 1. The van der Waals surface area contributed by atoms with Crippen LogP contribution in [0.25, 0.3) is 10.9 Å². The number of aromatic nitrogens is 1. The van der Waals surface area contributed by atoms with Gasteiger partial charge in [-0.2, -0.15) is 0 Å². The number of ether oxygens (including phenoxy) is 1. The van der Waals surface area contributed by atoms with Crippen LogP contribution in [0, 0.1) is 6.92 Å². The van der Waals surface area contributed by atoms with Gasteiger partial charge in [-0.3, -0.25) is 9.59 Å². The van der Waals surface area contributed by atoms with Gasteiger partial charge in [0.2, 0.25) is 0 Å². The van der Waals surface area contributed by atoms with Crippen LogP contribution in [-0.4, -0.2) is 17.6 Å². The molecule has 1 N–H and O–H groups in total. The van der Waals surface area contributed by atoms with E-state index in [1.54, 1.807) is 49.6 Å². The van der Waals surface area contributed by atoms with Crippen molar-refractivity contribution in [2.45, 2.75) is 20.4 Å². The smallest absolute Gasteiger partial charge is 0.255 e. The first kappa shape index (κ1) is 16.8. The number of carbonyl (C=O) groups is 1. The molecule has 0 aliphatic rings. The van der Waals surface area contributed by atoms with Gasteiger partial charge < -0.3 is 14.6 Å². The lowest BCUT2D eigenvalue weighted by Crippen LogP contribution is -2.15. The molecule has 0 fully saturated rings. The van der Waals surface area contributed by atoms with E-state index in [2.05, 4.69) is 9.88 Å². The highest BCUT2D eigenvalue weighted by atomic mass is 16.5. The van der Waals surface area contributed by atoms with Crippen molar-refractivity contribution in [3.8, 4) is 5.75 Å². The van der Waals surface area contributed by atoms with Gasteiger partial charge in [0.25, 0.3) is 5.91 Å². The molecule has 1 heterocycles. The van der Waals surface area contributed by atoms with Gasteiger partial charge in [0.05, 0.1) is 12.6 Å². The van der Waals surface area contributed by atoms with E-state index in [0.29, 0.717) is 16.6 Å². The van der Waals surface area contributed by atoms with Gasteiger partial charge in [-0.1, -0.05) is 0 Å². The van der Waals surface area contributed by atoms with Crippen LogP contribution >= 0.6 is 0 Å². The topological polar surface area (TPSA) is 60.3 Å². The molecule has 0 unspecified atom stereocenters. The van der Waals surface area contributed by atoms with Crippen molar-refractivity contribution in [1.82, 2.24) is 4.57 Å². The predicted molar refractivity (Wildman–Crippen MR) is 99.6 cm³/mol. The zero-order valence-corrected chi connectivity index (χ0v) is 14.5. The number of carbonyl (C=O) groups excluding carboxylic acids is 1. The first-order valence-corrected chi connectivity index (χ1v) is 8.13. The Hall–Kier alpha value is -3.08. The van der Waals surface area contributed by atoms with Gasteiger partial charge in [0.15, 0.2) is 5.43 Å². The maximum atomic E-state index is 12.5. The first-order chi connectivity index (χ1) is 12.0. The summed E-state index contributed by atoms with van der Waals surface area (Å²) in [4.78, 5) is 24.8. The third kappa shape index (κ3) is 3.26. The minimum atomic E-state index is -0.255. The van der Waals surface area contributed by atoms with Crippen LogP contribution in [0.5, 0.6) is 5.75 Å². The predicted octanol–water partition coefficient (Wildman–Crippen LogP) is 3.59. The second-order valence-electron chi connectivity index (χ2n) is 5.81. The summed E-state index contributed by atoms with van der Waals surface area (Å²) in [6.07, 6.45) is 0. The molecule has 0 radical (unpaired) electrons. The quantitative estimate of drug-likeness (QED) is 0.792. The molecular formula is C20H20N2O3. The number of methoxy groups -OCH3 is 1. The lowest BCUT2D eigenvalue weighted by molar-refractivity contribution is 0.102. The standard InChI is InChI=1S/C20H20N2O3/c1-4-22-13(2)11-19(23)17-12-14(5-10-18(17)22)20(24)21-15-6-8-16(25-3)9-7-15/h5-12H,4H2,1-3H3,(H,21,24). The van der Waals surface area contributed by atoms with Crippen LogP contribution in [0.3, 0.4) is 0 Å². The summed E-state index contributed by atoms with van der Waals surface area (Å²) in [5.41, 5.74) is 2.80. The van der Waals surface area contributed by atoms with E-state index in [-0.39, 0.29) is 11.3 Å². The Bertz CT molecular complexity index is 988. The number of nitrogens with zero attached hydrogens (tertiary/aromatic N) is 1. The SMILES string of the molecule is CCn1c(C)cc(=O)c2cc(C(=O)Nc3ccc(OC)cc3)ccc21. The lowest BCUT2D eigenvalue weighted by Gasteiger charge is -2.13. The molecule has 2 aromatic carbocycles. The summed E-state index contributed by atoms with van der Waals surface area (Å²) in [5.74, 6) is 0.467. The third-order valence-electron chi connectivity index (χ3n) is 4.24. The average Bonchev–Trinajstić information content (AvgIpc) is 2.62. The van der Waals surface area contributed by atoms with Crippen LogP contribution in [0.2, 0.25) is 0 Å². The zero-order valence-electron chi connectivity index (χ0n) is 14.5. The summed E-state index contributed by atoms with van der Waals surface area (Å²) in [7, 11) is 1.59. The van der Waals surface area contributed by atoms with E-state index >= 15 is 0 Å². The van der Waals surface area contributed by atoms with E-state index in [9.17, 15) is 9.59 Å². The van der Waals surface area contributed by atoms with Crippen LogP contribution in [-0.2, 0) is 6.54 Å². The summed E-state index contributed by atoms with van der Waals surface area (Å²) in [6, 6.07) is 13.9. The second-order valence-corrected chi connectivity index (χ2v) is 5.81. The third-order valence-corrected chi connectivity index (χ3v) is 4.24. The Morgan fingerprint density at radius 1 is 1.12 bits per heavy atom. The molecule has 3 aromatic rings. The molecule has 3 rings (SSSR count). The maximum Gasteiger partial charge on any atom is 0.255 e. The van der Waals surface area contributed by atoms with Crippen molar-refractivity contribution in [2.75, 3.05) is 12.4 Å². The number of anilines is 1. The number of hydrogen-bond acceptors (Lipinski definition) is 3. The highest BCUT2D eigenvalue weighted by Gasteiger charge is 2.11. The molecule has 5 heteroatoms. The molecular weight excluding hydrogens is 316 g/mol. The normalized spacial score (nSPS) is 10.7. The molecule has 0 aliphatic carbocycles. The monoisotopic (exact) mass is 336 g/mol. The number of nitrogens with one attached hydrogen (secondary N) is 1. The van der Waals surface area contributed by atoms with E-state index in [4.69, 9.17) is 4.74 Å². The molecule has 0 atom stereocenters. The molecule has 0 saturated carbocycles. The van der Waals surface area contributed by atoms with E-state index in [1.807, 2.05) is 19.9 Å². The van der Waals surface area contributed by atoms with Crippen molar-refractivity contribution in [1.29, 1.82) is 0 Å². The van der Waals surface area contributed by atoms with Gasteiger partial charge in [-0.25, -0.2) is 0 Å². The Labute approximate surface area is 145 Å². The largest absolute Gasteiger partial charge is 0.497 e. The molecule has 128 valence electrons. The van der Waals surface area contributed by atoms with E-state index < -0.39 is 0 Å². The Balaban J connectivity index is 1.95. The number of hydrogen-bond donors (Lipinski definition) is 1. The Morgan fingerprint density at radius 3 is 2.48 bits per heavy atom. The van der Waals surface area contributed by atoms with Crippen LogP contribution in [0.1, 0.15) is 23.0 Å². The van der Waals surface area contributed by atoms with Crippen LogP contribution in [0.4, 0.5) is 5.69 Å². The number of benzene rings is 2. The van der Waals surface area contributed by atoms with Gasteiger partial charge >= 0.3 is 0 Å². The number of pyridine rings is 1. The fraction of sp³-hybridized carbons (Fsp3) is 0.200. The fourth-order valence-electron chi connectivity index (χ4n) is 2.94. The average molecular weight is 336 g/mol. The Morgan fingerprint density at radius 2 is 1.84 bits per heavy atom. The van der Waals surface area contributed by atoms with Crippen molar-refractivity contribution < 1.29 is 9.53 Å². The fourth-order valence-corrected chi connectivity index (χ4v) is 2.94. The van der Waals surface area contributed by atoms with Crippen molar-refractivity contribution in [2.24, 2.45) is 0 Å². The minimum Gasteiger partial charge on any atom is -0.497 e. The second kappa shape index (κ2) is 6.81. The molecule has 0 saturated heterocycles. The molecule has 1 aromatic heterocycles. The highest BCUT2D eigenvalue weighted by molar-refractivity contribution is 6.06. The van der Waals surface area contributed by atoms with Crippen molar-refractivity contribution in [3.63, 3.8) is 0 Å². The lowest BCUT2D eigenvalue weighted by atomic mass is 10.1. The molecule has 0 aliphatic heterocycles. The number of aryl methyl sites for hydroxylation is 2. The Kier molecular flexibility index (Phi) is 4.57. The van der Waals surface area contributed by atoms with Gasteiger partial charge in [0, 0.05) is 34.9 Å². The summed E-state index contributed by atoms with van der Waals surface area (Å²) < 4.78 is 7.16. The van der Waals surface area contributed by atoms with Gasteiger partial charge in [0.1, 0.15) is 5.75 Å². The molecule has 0 spiro atoms. The first-order valence-electron chi connectivity index (χ1n) is 8.13. The molecule has 1 amide bonds. The highest BCUT2D eigenvalue weighted by Crippen LogP contribution is 2.18. The van der Waals surface area contributed by atoms with Crippen LogP contribution < -0.4 is 15.5 Å². The van der Waals surface area contributed by atoms with Gasteiger partial charge in [-0.15, -0.1) is 0 Å². The summed E-state index contributed by atoms with van der Waals surface area (Å²) in [6.45, 7) is 4.70. The van der Waals surface area contributed by atoms with Crippen LogP contribution in [0.15, 0.2) is 53.3 Å². The number of amides is 1. The summed E-state index contributed by atoms with van der Waals surface area (Å²) >= 11 is 0. The minimum absolute atomic E-state index is 0.0729. The molecule has 5 nitrogen and oxygen atoms in total. The number of rotatable bonds is 4. The zero-order chi connectivity index (χ0) is 18.0. The molecule has 25 heavy (non-hydrogen) atoms. The maximum absolute atomic E-state index is 12.5. The van der Waals surface area contributed by atoms with Gasteiger partial charge in [-0.05, 0) is 56.3 Å². The van der Waals surface area contributed by atoms with Crippen molar-refractivity contribution in [3.05, 3.63) is 70.0 Å². The molecule has 0 bridgehead atoms. The van der Waals surface area contributed by atoms with E-state index in [0.717, 1.165) is 23.5 Å².